The fourth-order valence-electron chi connectivity index (χ4n) is 4.13. The molecule has 1 fully saturated rings. The molecule has 2 aliphatic rings. The van der Waals surface area contributed by atoms with E-state index >= 15 is 0 Å². The number of carbonyl (C=O) groups excluding carboxylic acids is 1. The van der Waals surface area contributed by atoms with Crippen molar-refractivity contribution in [3.05, 3.63) is 64.7 Å². The van der Waals surface area contributed by atoms with E-state index < -0.39 is 10.0 Å². The van der Waals surface area contributed by atoms with Crippen LogP contribution in [0.2, 0.25) is 0 Å². The summed E-state index contributed by atoms with van der Waals surface area (Å²) in [4.78, 5) is 14.7. The molecule has 8 nitrogen and oxygen atoms in total. The Morgan fingerprint density at radius 3 is 2.87 bits per heavy atom. The highest BCUT2D eigenvalue weighted by Crippen LogP contribution is 2.22. The van der Waals surface area contributed by atoms with Gasteiger partial charge in [0, 0.05) is 31.7 Å². The van der Waals surface area contributed by atoms with Crippen LogP contribution in [0.15, 0.2) is 47.4 Å². The lowest BCUT2D eigenvalue weighted by Crippen LogP contribution is -2.34. The number of hydrogen-bond donors (Lipinski definition) is 4. The average molecular weight is 442 g/mol. The van der Waals surface area contributed by atoms with Crippen LogP contribution in [0.5, 0.6) is 0 Å². The molecule has 164 valence electrons. The first kappa shape index (κ1) is 21.5. The van der Waals surface area contributed by atoms with Crippen LogP contribution >= 0.6 is 0 Å². The molecule has 2 aromatic carbocycles. The molecule has 4 rings (SSSR count). The largest absolute Gasteiger partial charge is 0.384 e. The number of nitrogens with two attached hydrogens (primary N) is 1. The Kier molecular flexibility index (Phi) is 6.08. The van der Waals surface area contributed by atoms with Crippen LogP contribution < -0.4 is 15.8 Å². The molecule has 31 heavy (non-hydrogen) atoms. The second-order valence-corrected chi connectivity index (χ2v) is 9.84. The molecule has 1 amide bonds. The van der Waals surface area contributed by atoms with Crippen LogP contribution in [0.3, 0.4) is 0 Å². The minimum absolute atomic E-state index is 0.0140. The lowest BCUT2D eigenvalue weighted by Gasteiger charge is -2.19. The molecule has 2 aliphatic heterocycles. The van der Waals surface area contributed by atoms with Gasteiger partial charge >= 0.3 is 0 Å². The molecule has 0 saturated carbocycles. The molecule has 1 atom stereocenters. The average Bonchev–Trinajstić information content (AvgIpc) is 3.11. The number of sulfonamides is 1. The predicted molar refractivity (Wildman–Crippen MR) is 118 cm³/mol. The second-order valence-electron chi connectivity index (χ2n) is 8.07. The third-order valence-electron chi connectivity index (χ3n) is 5.91. The number of nitrogen functional groups attached to an aromatic ring is 1. The van der Waals surface area contributed by atoms with Crippen LogP contribution in [0.4, 0.5) is 0 Å². The Morgan fingerprint density at radius 2 is 2.06 bits per heavy atom. The van der Waals surface area contributed by atoms with Crippen molar-refractivity contribution in [2.45, 2.75) is 30.8 Å². The summed E-state index contributed by atoms with van der Waals surface area (Å²) in [5, 5.41) is 10.8. The van der Waals surface area contributed by atoms with Gasteiger partial charge in [0.15, 0.2) is 0 Å². The summed E-state index contributed by atoms with van der Waals surface area (Å²) in [7, 11) is -3.68. The number of carbonyl (C=O) groups is 1. The van der Waals surface area contributed by atoms with Crippen LogP contribution in [0.25, 0.3) is 0 Å². The normalized spacial score (nSPS) is 18.8. The van der Waals surface area contributed by atoms with Gasteiger partial charge in [0.05, 0.1) is 10.8 Å². The van der Waals surface area contributed by atoms with E-state index in [1.807, 2.05) is 18.2 Å². The van der Waals surface area contributed by atoms with E-state index in [9.17, 15) is 13.2 Å². The standard InChI is InChI=1S/C22H27N5O3S/c23-21(24)17-3-1-2-15(10-17)14-27-9-7-18(22(27)28)13-26-31(29,30)20-5-4-16-6-8-25-12-19(16)11-20/h1-5,10-11,18,25-26H,6-9,12-14H2,(H3,23,24)/t18-/m0/s1. The maximum atomic E-state index is 12.8. The minimum Gasteiger partial charge on any atom is -0.384 e. The summed E-state index contributed by atoms with van der Waals surface area (Å²) >= 11 is 0. The van der Waals surface area contributed by atoms with Gasteiger partial charge in [-0.1, -0.05) is 24.3 Å². The zero-order chi connectivity index (χ0) is 22.0. The van der Waals surface area contributed by atoms with Crippen molar-refractivity contribution < 1.29 is 13.2 Å². The summed E-state index contributed by atoms with van der Waals surface area (Å²) < 4.78 is 28.2. The van der Waals surface area contributed by atoms with Gasteiger partial charge in [0.25, 0.3) is 0 Å². The van der Waals surface area contributed by atoms with E-state index in [0.29, 0.717) is 31.6 Å². The fourth-order valence-corrected chi connectivity index (χ4v) is 5.26. The summed E-state index contributed by atoms with van der Waals surface area (Å²) in [5.74, 6) is -0.463. The quantitative estimate of drug-likeness (QED) is 0.376. The third-order valence-corrected chi connectivity index (χ3v) is 7.34. The highest BCUT2D eigenvalue weighted by Gasteiger charge is 2.32. The van der Waals surface area contributed by atoms with E-state index in [1.54, 1.807) is 29.2 Å². The number of nitrogens with one attached hydrogen (secondary N) is 3. The molecule has 2 heterocycles. The molecule has 0 unspecified atom stereocenters. The highest BCUT2D eigenvalue weighted by atomic mass is 32.2. The lowest BCUT2D eigenvalue weighted by atomic mass is 10.0. The molecule has 5 N–H and O–H groups in total. The van der Waals surface area contributed by atoms with Gasteiger partial charge in [-0.15, -0.1) is 0 Å². The highest BCUT2D eigenvalue weighted by molar-refractivity contribution is 7.89. The number of likely N-dealkylation sites (tertiary alicyclic amines) is 1. The maximum Gasteiger partial charge on any atom is 0.240 e. The van der Waals surface area contributed by atoms with E-state index in [0.717, 1.165) is 24.1 Å². The van der Waals surface area contributed by atoms with Crippen LogP contribution in [0.1, 0.15) is 28.7 Å². The molecular weight excluding hydrogens is 414 g/mol. The Labute approximate surface area is 182 Å². The Hall–Kier alpha value is -2.75. The molecule has 0 spiro atoms. The summed E-state index contributed by atoms with van der Waals surface area (Å²) in [6.45, 7) is 2.64. The number of rotatable bonds is 7. The number of fused-ring (bicyclic) bond motifs is 1. The van der Waals surface area contributed by atoms with Gasteiger partial charge < -0.3 is 16.0 Å². The third kappa shape index (κ3) is 4.79. The Bertz CT molecular complexity index is 1120. The van der Waals surface area contributed by atoms with Crippen LogP contribution in [0, 0.1) is 11.3 Å². The van der Waals surface area contributed by atoms with Crippen molar-refractivity contribution in [1.29, 1.82) is 5.41 Å². The van der Waals surface area contributed by atoms with Gasteiger partial charge in [-0.3, -0.25) is 10.2 Å². The zero-order valence-electron chi connectivity index (χ0n) is 17.2. The minimum atomic E-state index is -3.68. The summed E-state index contributed by atoms with van der Waals surface area (Å²) in [6.07, 6.45) is 1.49. The lowest BCUT2D eigenvalue weighted by molar-refractivity contribution is -0.131. The van der Waals surface area contributed by atoms with Gasteiger partial charge in [0.1, 0.15) is 5.84 Å². The molecule has 0 radical (unpaired) electrons. The predicted octanol–water partition coefficient (Wildman–Crippen LogP) is 0.943. The Balaban J connectivity index is 1.37. The van der Waals surface area contributed by atoms with Crippen molar-refractivity contribution in [3.8, 4) is 0 Å². The summed E-state index contributed by atoms with van der Waals surface area (Å²) in [5.41, 5.74) is 9.23. The van der Waals surface area contributed by atoms with Gasteiger partial charge in [-0.05, 0) is 54.3 Å². The monoisotopic (exact) mass is 441 g/mol. The number of benzene rings is 2. The van der Waals surface area contributed by atoms with Crippen molar-refractivity contribution >= 4 is 21.8 Å². The first-order valence-electron chi connectivity index (χ1n) is 10.4. The second kappa shape index (κ2) is 8.78. The van der Waals surface area contributed by atoms with E-state index in [2.05, 4.69) is 10.0 Å². The van der Waals surface area contributed by atoms with Gasteiger partial charge in [0.2, 0.25) is 15.9 Å². The molecule has 1 saturated heterocycles. The van der Waals surface area contributed by atoms with E-state index in [1.165, 1.54) is 5.56 Å². The molecule has 0 aromatic heterocycles. The number of amides is 1. The number of hydrogen-bond acceptors (Lipinski definition) is 5. The molecular formula is C22H27N5O3S. The van der Waals surface area contributed by atoms with Crippen molar-refractivity contribution in [1.82, 2.24) is 14.9 Å². The SMILES string of the molecule is N=C(N)c1cccc(CN2CC[C@@H](CNS(=O)(=O)c3ccc4c(c3)CNCC4)C2=O)c1. The van der Waals surface area contributed by atoms with Gasteiger partial charge in [-0.25, -0.2) is 13.1 Å². The van der Waals surface area contributed by atoms with E-state index in [4.69, 9.17) is 11.1 Å². The molecule has 2 aromatic rings. The van der Waals surface area contributed by atoms with Crippen molar-refractivity contribution in [2.75, 3.05) is 19.6 Å². The maximum absolute atomic E-state index is 12.8. The molecule has 0 bridgehead atoms. The number of amidine groups is 1. The first-order chi connectivity index (χ1) is 14.8. The fraction of sp³-hybridized carbons (Fsp3) is 0.364. The van der Waals surface area contributed by atoms with Crippen LogP contribution in [-0.4, -0.2) is 44.7 Å². The Morgan fingerprint density at radius 1 is 1.23 bits per heavy atom. The summed E-state index contributed by atoms with van der Waals surface area (Å²) in [6, 6.07) is 12.5. The number of nitrogens with zero attached hydrogens (tertiary/aromatic N) is 1. The topological polar surface area (TPSA) is 128 Å². The zero-order valence-corrected chi connectivity index (χ0v) is 18.0. The smallest absolute Gasteiger partial charge is 0.240 e. The first-order valence-corrected chi connectivity index (χ1v) is 11.9. The molecule has 0 aliphatic carbocycles. The van der Waals surface area contributed by atoms with E-state index in [-0.39, 0.29) is 29.1 Å². The van der Waals surface area contributed by atoms with Gasteiger partial charge in [-0.2, -0.15) is 0 Å². The van der Waals surface area contributed by atoms with Crippen LogP contribution in [-0.2, 0) is 34.3 Å². The van der Waals surface area contributed by atoms with Crippen molar-refractivity contribution in [2.24, 2.45) is 11.7 Å². The molecule has 9 heteroatoms. The van der Waals surface area contributed by atoms with Crippen molar-refractivity contribution in [3.63, 3.8) is 0 Å².